The van der Waals surface area contributed by atoms with E-state index in [9.17, 15) is 23.2 Å². The summed E-state index contributed by atoms with van der Waals surface area (Å²) in [5, 5.41) is 2.49. The molecule has 1 N–H and O–H groups in total. The van der Waals surface area contributed by atoms with Gasteiger partial charge in [-0.3, -0.25) is 14.4 Å². The summed E-state index contributed by atoms with van der Waals surface area (Å²) in [7, 11) is 1.37. The third kappa shape index (κ3) is 5.07. The Morgan fingerprint density at radius 3 is 2.64 bits per heavy atom. The van der Waals surface area contributed by atoms with Gasteiger partial charge in [-0.1, -0.05) is 48.6 Å². The first-order valence-electron chi connectivity index (χ1n) is 12.9. The van der Waals surface area contributed by atoms with Crippen molar-refractivity contribution >= 4 is 11.8 Å². The molecule has 2 amide bonds. The summed E-state index contributed by atoms with van der Waals surface area (Å²) < 4.78 is 49.3. The molecule has 0 radical (unpaired) electrons. The van der Waals surface area contributed by atoms with E-state index in [1.807, 2.05) is 6.07 Å². The van der Waals surface area contributed by atoms with Crippen molar-refractivity contribution in [3.8, 4) is 5.75 Å². The second-order valence-electron chi connectivity index (χ2n) is 9.33. The standard InChI is InChI=1S/C29H27F2N3O5/c1-17-8-11-24(38-2)23-15-33(17)29(37)25-27(39-16-18-6-4-3-5-7-18)26(35)21(14-34(23)25)28(36)32-13-19-9-10-20(30)12-22(19)31/h3-12,14,17,23-24H,13,15-16H2,1-2H3,(H,32,36)/t17-,23+,24-/m0/s1/i24D. The molecule has 2 aromatic carbocycles. The molecule has 5 rings (SSSR count). The van der Waals surface area contributed by atoms with E-state index in [0.29, 0.717) is 6.07 Å². The van der Waals surface area contributed by atoms with E-state index < -0.39 is 47.0 Å². The molecule has 2 aliphatic heterocycles. The molecule has 10 heteroatoms. The van der Waals surface area contributed by atoms with E-state index in [2.05, 4.69) is 5.32 Å². The van der Waals surface area contributed by atoms with E-state index >= 15 is 0 Å². The number of carbonyl (C=O) groups excluding carboxylic acids is 2. The van der Waals surface area contributed by atoms with Gasteiger partial charge in [0.2, 0.25) is 5.43 Å². The number of fused-ring (bicyclic) bond motifs is 4. The van der Waals surface area contributed by atoms with E-state index in [1.54, 1.807) is 43.3 Å². The molecule has 0 saturated carbocycles. The minimum absolute atomic E-state index is 0.0200. The molecular formula is C29H27F2N3O5. The molecule has 39 heavy (non-hydrogen) atoms. The average molecular weight is 537 g/mol. The van der Waals surface area contributed by atoms with E-state index in [-0.39, 0.29) is 42.3 Å². The number of benzene rings is 2. The van der Waals surface area contributed by atoms with Gasteiger partial charge >= 0.3 is 0 Å². The third-order valence-corrected chi connectivity index (χ3v) is 6.88. The largest absolute Gasteiger partial charge is 0.483 e. The van der Waals surface area contributed by atoms with Crippen molar-refractivity contribution in [2.75, 3.05) is 13.7 Å². The Labute approximate surface area is 224 Å². The van der Waals surface area contributed by atoms with Crippen LogP contribution in [0.4, 0.5) is 8.78 Å². The Hall–Kier alpha value is -4.31. The fourth-order valence-corrected chi connectivity index (χ4v) is 4.75. The van der Waals surface area contributed by atoms with Gasteiger partial charge in [-0.2, -0.15) is 0 Å². The quantitative estimate of drug-likeness (QED) is 0.466. The number of hydrogen-bond acceptors (Lipinski definition) is 5. The number of halogens is 2. The maximum Gasteiger partial charge on any atom is 0.275 e. The highest BCUT2D eigenvalue weighted by molar-refractivity contribution is 5.99. The van der Waals surface area contributed by atoms with Crippen molar-refractivity contribution in [2.24, 2.45) is 0 Å². The molecule has 2 aliphatic rings. The lowest BCUT2D eigenvalue weighted by molar-refractivity contribution is 0.0431. The van der Waals surface area contributed by atoms with Crippen molar-refractivity contribution in [3.05, 3.63) is 111 Å². The number of nitrogens with one attached hydrogen (secondary N) is 1. The second kappa shape index (κ2) is 10.8. The minimum Gasteiger partial charge on any atom is -0.483 e. The van der Waals surface area contributed by atoms with Gasteiger partial charge in [0.25, 0.3) is 11.8 Å². The van der Waals surface area contributed by atoms with Gasteiger partial charge in [-0.05, 0) is 18.6 Å². The molecule has 3 aromatic rings. The highest BCUT2D eigenvalue weighted by Gasteiger charge is 2.41. The number of aromatic nitrogens is 1. The molecular weight excluding hydrogens is 508 g/mol. The van der Waals surface area contributed by atoms with Gasteiger partial charge in [0.1, 0.15) is 23.8 Å². The van der Waals surface area contributed by atoms with E-state index in [4.69, 9.17) is 10.8 Å². The van der Waals surface area contributed by atoms with Crippen LogP contribution in [-0.4, -0.2) is 47.1 Å². The summed E-state index contributed by atoms with van der Waals surface area (Å²) in [4.78, 5) is 42.2. The molecule has 0 aliphatic carbocycles. The lowest BCUT2D eigenvalue weighted by atomic mass is 10.0. The van der Waals surface area contributed by atoms with Crippen LogP contribution in [0.25, 0.3) is 0 Å². The number of amides is 2. The predicted octanol–water partition coefficient (Wildman–Crippen LogP) is 3.61. The topological polar surface area (TPSA) is 89.9 Å². The first kappa shape index (κ1) is 25.0. The zero-order valence-electron chi connectivity index (χ0n) is 22.3. The van der Waals surface area contributed by atoms with Crippen molar-refractivity contribution in [1.29, 1.82) is 0 Å². The fourth-order valence-electron chi connectivity index (χ4n) is 4.75. The molecule has 0 spiro atoms. The smallest absolute Gasteiger partial charge is 0.275 e. The van der Waals surface area contributed by atoms with Crippen LogP contribution in [0.3, 0.4) is 0 Å². The summed E-state index contributed by atoms with van der Waals surface area (Å²) >= 11 is 0. The maximum atomic E-state index is 14.2. The van der Waals surface area contributed by atoms with Crippen LogP contribution in [0.1, 0.15) is 46.3 Å². The maximum absolute atomic E-state index is 14.2. The highest BCUT2D eigenvalue weighted by Crippen LogP contribution is 2.34. The van der Waals surface area contributed by atoms with Crippen LogP contribution in [-0.2, 0) is 17.9 Å². The molecule has 0 unspecified atom stereocenters. The molecule has 2 bridgehead atoms. The Morgan fingerprint density at radius 2 is 1.92 bits per heavy atom. The van der Waals surface area contributed by atoms with Crippen molar-refractivity contribution in [1.82, 2.24) is 14.8 Å². The molecule has 8 nitrogen and oxygen atoms in total. The second-order valence-corrected chi connectivity index (χ2v) is 9.33. The summed E-state index contributed by atoms with van der Waals surface area (Å²) in [6.07, 6.45) is 2.82. The SMILES string of the molecule is [2H][C@]1(OC)C=C[C@H](C)N2C[C@H]1n1cc(C(=O)NCc3ccc(F)cc3F)c(=O)c(OCc3ccccc3)c1C2=O. The van der Waals surface area contributed by atoms with Crippen LogP contribution >= 0.6 is 0 Å². The number of carbonyl (C=O) groups is 2. The zero-order valence-corrected chi connectivity index (χ0v) is 21.3. The first-order chi connectivity index (χ1) is 19.1. The van der Waals surface area contributed by atoms with Crippen LogP contribution in [0.5, 0.6) is 5.75 Å². The lowest BCUT2D eigenvalue weighted by Crippen LogP contribution is -2.49. The summed E-state index contributed by atoms with van der Waals surface area (Å²) in [6, 6.07) is 10.7. The van der Waals surface area contributed by atoms with Crippen LogP contribution in [0, 0.1) is 11.6 Å². The van der Waals surface area contributed by atoms with Crippen LogP contribution in [0.15, 0.2) is 71.7 Å². The third-order valence-electron chi connectivity index (χ3n) is 6.88. The summed E-state index contributed by atoms with van der Waals surface area (Å²) in [5.74, 6) is -3.29. The fraction of sp³-hybridized carbons (Fsp3) is 0.276. The highest BCUT2D eigenvalue weighted by atomic mass is 19.1. The number of pyridine rings is 1. The monoisotopic (exact) mass is 536 g/mol. The number of methoxy groups -OCH3 is 1. The van der Waals surface area contributed by atoms with Gasteiger partial charge in [0, 0.05) is 44.1 Å². The van der Waals surface area contributed by atoms with Gasteiger partial charge in [0.05, 0.1) is 13.5 Å². The number of hydrogen-bond donors (Lipinski definition) is 1. The Bertz CT molecular complexity index is 1560. The normalized spacial score (nSPS) is 22.1. The Morgan fingerprint density at radius 1 is 1.15 bits per heavy atom. The molecule has 3 atom stereocenters. The number of rotatable bonds is 7. The summed E-state index contributed by atoms with van der Waals surface area (Å²) in [5.41, 5.74) is -0.546. The first-order valence-corrected chi connectivity index (χ1v) is 12.4. The van der Waals surface area contributed by atoms with Crippen molar-refractivity contribution in [3.63, 3.8) is 0 Å². The minimum atomic E-state index is -1.63. The van der Waals surface area contributed by atoms with Crippen LogP contribution in [0.2, 0.25) is 0 Å². The van der Waals surface area contributed by atoms with Gasteiger partial charge < -0.3 is 24.3 Å². The summed E-state index contributed by atoms with van der Waals surface area (Å²) in [6.45, 7) is 1.50. The Balaban J connectivity index is 1.60. The van der Waals surface area contributed by atoms with Gasteiger partial charge in [-0.15, -0.1) is 0 Å². The number of nitrogens with zero attached hydrogens (tertiary/aromatic N) is 2. The number of ether oxygens (including phenoxy) is 2. The molecule has 0 saturated heterocycles. The molecule has 1 aromatic heterocycles. The van der Waals surface area contributed by atoms with E-state index in [0.717, 1.165) is 11.6 Å². The van der Waals surface area contributed by atoms with Gasteiger partial charge in [-0.25, -0.2) is 8.78 Å². The lowest BCUT2D eigenvalue weighted by Gasteiger charge is -2.39. The molecule has 3 heterocycles. The average Bonchev–Trinajstić information content (AvgIpc) is 3.06. The van der Waals surface area contributed by atoms with Crippen molar-refractivity contribution in [2.45, 2.75) is 38.2 Å². The zero-order chi connectivity index (χ0) is 28.6. The molecule has 202 valence electrons. The van der Waals surface area contributed by atoms with E-state index in [1.165, 1.54) is 28.8 Å². The van der Waals surface area contributed by atoms with Crippen LogP contribution < -0.4 is 15.5 Å². The van der Waals surface area contributed by atoms with Crippen molar-refractivity contribution < 1.29 is 29.2 Å². The van der Waals surface area contributed by atoms with Gasteiger partial charge in [0.15, 0.2) is 11.4 Å². The predicted molar refractivity (Wildman–Crippen MR) is 138 cm³/mol. The molecule has 0 fully saturated rings. The Kier molecular flexibility index (Phi) is 6.93.